The minimum absolute atomic E-state index is 0.171. The molecule has 0 spiro atoms. The molecule has 0 aliphatic carbocycles. The molecule has 0 saturated carbocycles. The van der Waals surface area contributed by atoms with E-state index < -0.39 is 0 Å². The van der Waals surface area contributed by atoms with Crippen LogP contribution in [0.15, 0.2) is 36.4 Å². The molecule has 2 aromatic rings. The van der Waals surface area contributed by atoms with Crippen molar-refractivity contribution in [2.24, 2.45) is 5.73 Å². The molecular formula is C16H19NO3. The number of hydrogen-bond donors (Lipinski definition) is 1. The zero-order valence-corrected chi connectivity index (χ0v) is 11.8. The van der Waals surface area contributed by atoms with E-state index in [9.17, 15) is 4.79 Å². The number of methoxy groups -OCH3 is 1. The first-order valence-corrected chi connectivity index (χ1v) is 6.64. The molecular weight excluding hydrogens is 254 g/mol. The van der Waals surface area contributed by atoms with Gasteiger partial charge in [0.05, 0.1) is 20.1 Å². The second-order valence-corrected chi connectivity index (χ2v) is 4.52. The van der Waals surface area contributed by atoms with Crippen molar-refractivity contribution >= 4 is 16.7 Å². The van der Waals surface area contributed by atoms with Gasteiger partial charge in [0.25, 0.3) is 0 Å². The number of ether oxygens (including phenoxy) is 2. The molecule has 0 aliphatic heterocycles. The Bertz CT molecular complexity index is 610. The molecule has 0 aromatic heterocycles. The number of carbonyl (C=O) groups is 1. The van der Waals surface area contributed by atoms with Gasteiger partial charge in [0.1, 0.15) is 5.75 Å². The van der Waals surface area contributed by atoms with Gasteiger partial charge < -0.3 is 15.2 Å². The van der Waals surface area contributed by atoms with Gasteiger partial charge in [-0.2, -0.15) is 0 Å². The Kier molecular flexibility index (Phi) is 4.58. The van der Waals surface area contributed by atoms with Gasteiger partial charge in [-0.25, -0.2) is 0 Å². The normalized spacial score (nSPS) is 12.2. The minimum Gasteiger partial charge on any atom is -0.496 e. The van der Waals surface area contributed by atoms with Crippen molar-refractivity contribution in [2.75, 3.05) is 13.7 Å². The Hall–Kier alpha value is -2.07. The first-order valence-electron chi connectivity index (χ1n) is 6.64. The highest BCUT2D eigenvalue weighted by molar-refractivity contribution is 5.91. The molecule has 2 aromatic carbocycles. The molecule has 2 N–H and O–H groups in total. The number of nitrogens with two attached hydrogens (primary N) is 1. The molecule has 1 atom stereocenters. The summed E-state index contributed by atoms with van der Waals surface area (Å²) >= 11 is 0. The lowest BCUT2D eigenvalue weighted by Crippen LogP contribution is -2.17. The molecule has 4 nitrogen and oxygen atoms in total. The summed E-state index contributed by atoms with van der Waals surface area (Å²) in [5.74, 6) is 0.521. The average Bonchev–Trinajstić information content (AvgIpc) is 2.46. The Morgan fingerprint density at radius 1 is 1.20 bits per heavy atom. The fourth-order valence-corrected chi connectivity index (χ4v) is 2.31. The molecule has 0 amide bonds. The topological polar surface area (TPSA) is 61.5 Å². The van der Waals surface area contributed by atoms with Crippen molar-refractivity contribution in [1.82, 2.24) is 0 Å². The number of fused-ring (bicyclic) bond motifs is 1. The molecule has 0 bridgehead atoms. The van der Waals surface area contributed by atoms with E-state index in [4.69, 9.17) is 15.2 Å². The quantitative estimate of drug-likeness (QED) is 0.851. The Labute approximate surface area is 118 Å². The van der Waals surface area contributed by atoms with Gasteiger partial charge in [-0.3, -0.25) is 4.79 Å². The van der Waals surface area contributed by atoms with Crippen molar-refractivity contribution in [3.05, 3.63) is 42.0 Å². The highest BCUT2D eigenvalue weighted by Crippen LogP contribution is 2.31. The Balaban J connectivity index is 2.37. The van der Waals surface area contributed by atoms with Crippen LogP contribution in [0.4, 0.5) is 0 Å². The summed E-state index contributed by atoms with van der Waals surface area (Å²) in [6.45, 7) is 2.15. The highest BCUT2D eigenvalue weighted by atomic mass is 16.5. The average molecular weight is 273 g/mol. The third-order valence-electron chi connectivity index (χ3n) is 3.23. The van der Waals surface area contributed by atoms with Crippen LogP contribution in [0.1, 0.15) is 24.9 Å². The fraction of sp³-hybridized carbons (Fsp3) is 0.312. The van der Waals surface area contributed by atoms with Crippen molar-refractivity contribution in [2.45, 2.75) is 19.4 Å². The van der Waals surface area contributed by atoms with Crippen LogP contribution in [0.3, 0.4) is 0 Å². The van der Waals surface area contributed by atoms with Crippen LogP contribution in [0.2, 0.25) is 0 Å². The maximum Gasteiger partial charge on any atom is 0.307 e. The molecule has 0 radical (unpaired) electrons. The standard InChI is InChI=1S/C16H19NO3/c1-3-20-16(18)10-14(17)12-8-9-15(19-2)13-7-5-4-6-11(12)13/h4-9,14H,3,10,17H2,1-2H3. The zero-order chi connectivity index (χ0) is 14.5. The SMILES string of the molecule is CCOC(=O)CC(N)c1ccc(OC)c2ccccc12. The van der Waals surface area contributed by atoms with E-state index in [2.05, 4.69) is 0 Å². The molecule has 0 aliphatic rings. The van der Waals surface area contributed by atoms with Gasteiger partial charge in [0.2, 0.25) is 0 Å². The third kappa shape index (κ3) is 2.91. The van der Waals surface area contributed by atoms with E-state index in [1.165, 1.54) is 0 Å². The highest BCUT2D eigenvalue weighted by Gasteiger charge is 2.16. The summed E-state index contributed by atoms with van der Waals surface area (Å²) in [4.78, 5) is 11.6. The van der Waals surface area contributed by atoms with Crippen LogP contribution in [-0.4, -0.2) is 19.7 Å². The van der Waals surface area contributed by atoms with Crippen molar-refractivity contribution in [3.63, 3.8) is 0 Å². The maximum absolute atomic E-state index is 11.6. The molecule has 4 heteroatoms. The van der Waals surface area contributed by atoms with Gasteiger partial charge >= 0.3 is 5.97 Å². The van der Waals surface area contributed by atoms with Gasteiger partial charge in [0.15, 0.2) is 0 Å². The first kappa shape index (κ1) is 14.3. The van der Waals surface area contributed by atoms with E-state index in [0.717, 1.165) is 22.1 Å². The van der Waals surface area contributed by atoms with Gasteiger partial charge in [-0.1, -0.05) is 30.3 Å². The second-order valence-electron chi connectivity index (χ2n) is 4.52. The monoisotopic (exact) mass is 273 g/mol. The van der Waals surface area contributed by atoms with Crippen LogP contribution in [0.25, 0.3) is 10.8 Å². The molecule has 0 saturated heterocycles. The van der Waals surface area contributed by atoms with E-state index in [0.29, 0.717) is 6.61 Å². The number of hydrogen-bond acceptors (Lipinski definition) is 4. The minimum atomic E-state index is -0.384. The summed E-state index contributed by atoms with van der Waals surface area (Å²) in [6, 6.07) is 11.3. The van der Waals surface area contributed by atoms with Gasteiger partial charge in [0, 0.05) is 11.4 Å². The summed E-state index contributed by atoms with van der Waals surface area (Å²) in [6.07, 6.45) is 0.171. The fourth-order valence-electron chi connectivity index (χ4n) is 2.31. The van der Waals surface area contributed by atoms with Crippen LogP contribution in [0, 0.1) is 0 Å². The second kappa shape index (κ2) is 6.39. The van der Waals surface area contributed by atoms with E-state index in [1.807, 2.05) is 36.4 Å². The lowest BCUT2D eigenvalue weighted by Gasteiger charge is -2.15. The first-order chi connectivity index (χ1) is 9.67. The van der Waals surface area contributed by atoms with Crippen molar-refractivity contribution < 1.29 is 14.3 Å². The van der Waals surface area contributed by atoms with Crippen LogP contribution in [0.5, 0.6) is 5.75 Å². The summed E-state index contributed by atoms with van der Waals surface area (Å²) < 4.78 is 10.3. The van der Waals surface area contributed by atoms with Gasteiger partial charge in [-0.05, 0) is 23.9 Å². The smallest absolute Gasteiger partial charge is 0.307 e. The third-order valence-corrected chi connectivity index (χ3v) is 3.23. The lowest BCUT2D eigenvalue weighted by molar-refractivity contribution is -0.143. The largest absolute Gasteiger partial charge is 0.496 e. The van der Waals surface area contributed by atoms with E-state index >= 15 is 0 Å². The molecule has 0 heterocycles. The Morgan fingerprint density at radius 3 is 2.55 bits per heavy atom. The number of carbonyl (C=O) groups excluding carboxylic acids is 1. The molecule has 106 valence electrons. The summed E-state index contributed by atoms with van der Waals surface area (Å²) in [5, 5.41) is 2.00. The zero-order valence-electron chi connectivity index (χ0n) is 11.8. The number of benzene rings is 2. The maximum atomic E-state index is 11.6. The molecule has 20 heavy (non-hydrogen) atoms. The van der Waals surface area contributed by atoms with Gasteiger partial charge in [-0.15, -0.1) is 0 Å². The molecule has 2 rings (SSSR count). The molecule has 1 unspecified atom stereocenters. The lowest BCUT2D eigenvalue weighted by atomic mass is 9.97. The van der Waals surface area contributed by atoms with E-state index in [1.54, 1.807) is 14.0 Å². The van der Waals surface area contributed by atoms with Crippen LogP contribution >= 0.6 is 0 Å². The van der Waals surface area contributed by atoms with Crippen molar-refractivity contribution in [3.8, 4) is 5.75 Å². The Morgan fingerprint density at radius 2 is 1.90 bits per heavy atom. The van der Waals surface area contributed by atoms with Crippen molar-refractivity contribution in [1.29, 1.82) is 0 Å². The predicted molar refractivity (Wildman–Crippen MR) is 78.7 cm³/mol. The summed E-state index contributed by atoms with van der Waals surface area (Å²) in [5.41, 5.74) is 7.07. The van der Waals surface area contributed by atoms with Crippen LogP contribution in [-0.2, 0) is 9.53 Å². The van der Waals surface area contributed by atoms with E-state index in [-0.39, 0.29) is 18.4 Å². The predicted octanol–water partition coefficient (Wildman–Crippen LogP) is 2.80. The number of rotatable bonds is 5. The number of esters is 1. The summed E-state index contributed by atoms with van der Waals surface area (Å²) in [7, 11) is 1.64. The van der Waals surface area contributed by atoms with Crippen LogP contribution < -0.4 is 10.5 Å². The molecule has 0 fully saturated rings.